The van der Waals surface area contributed by atoms with Crippen LogP contribution in [0.15, 0.2) is 421 Å². The summed E-state index contributed by atoms with van der Waals surface area (Å²) in [7, 11) is 0. The number of nitrogens with zero attached hydrogens (tertiary/aromatic N) is 8. The molecular formula is C119H78F12N8. The van der Waals surface area contributed by atoms with Gasteiger partial charge in [0.15, 0.2) is 0 Å². The lowest BCUT2D eigenvalue weighted by molar-refractivity contribution is -0.138. The highest BCUT2D eigenvalue weighted by molar-refractivity contribution is 5.91. The Labute approximate surface area is 793 Å². The molecule has 139 heavy (non-hydrogen) atoms. The van der Waals surface area contributed by atoms with Gasteiger partial charge in [-0.15, -0.1) is 0 Å². The fourth-order valence-electron chi connectivity index (χ4n) is 17.2. The second-order valence-electron chi connectivity index (χ2n) is 34.2. The molecule has 0 aliphatic rings. The third-order valence-electron chi connectivity index (χ3n) is 24.2. The molecule has 20 rings (SSSR count). The van der Waals surface area contributed by atoms with Crippen molar-refractivity contribution in [1.29, 1.82) is 0 Å². The molecule has 0 saturated heterocycles. The molecule has 0 radical (unpaired) electrons. The van der Waals surface area contributed by atoms with E-state index in [1.54, 1.807) is 48.8 Å². The van der Waals surface area contributed by atoms with Gasteiger partial charge >= 0.3 is 24.7 Å². The molecule has 8 aromatic heterocycles. The van der Waals surface area contributed by atoms with Gasteiger partial charge in [0.1, 0.15) is 0 Å². The van der Waals surface area contributed by atoms with E-state index >= 15 is 0 Å². The van der Waals surface area contributed by atoms with Gasteiger partial charge in [0.25, 0.3) is 0 Å². The van der Waals surface area contributed by atoms with Gasteiger partial charge < -0.3 is 0 Å². The summed E-state index contributed by atoms with van der Waals surface area (Å²) in [5.74, 6) is 0. The van der Waals surface area contributed by atoms with Crippen molar-refractivity contribution in [3.05, 3.63) is 460 Å². The number of benzene rings is 12. The van der Waals surface area contributed by atoms with Crippen molar-refractivity contribution in [2.45, 2.75) is 45.5 Å². The first-order chi connectivity index (χ1) is 67.0. The average molecular weight is 1850 g/mol. The van der Waals surface area contributed by atoms with E-state index < -0.39 is 47.0 Å². The number of aryl methyl sites for hydroxylation is 3. The minimum absolute atomic E-state index is 0.324. The Morgan fingerprint density at radius 2 is 0.230 bits per heavy atom. The van der Waals surface area contributed by atoms with Gasteiger partial charge in [-0.3, -0.25) is 39.9 Å². The number of rotatable bonds is 18. The van der Waals surface area contributed by atoms with Crippen molar-refractivity contribution < 1.29 is 52.7 Å². The first-order valence-corrected chi connectivity index (χ1v) is 44.2. The molecule has 0 saturated carbocycles. The van der Waals surface area contributed by atoms with Crippen LogP contribution >= 0.6 is 0 Å². The quantitative estimate of drug-likeness (QED) is 0.0783. The minimum Gasteiger partial charge on any atom is -0.264 e. The molecule has 678 valence electrons. The fourth-order valence-corrected chi connectivity index (χ4v) is 17.2. The molecule has 0 atom stereocenters. The Hall–Kier alpha value is -17.0. The van der Waals surface area contributed by atoms with Crippen LogP contribution in [-0.2, 0) is 24.7 Å². The zero-order chi connectivity index (χ0) is 96.3. The second-order valence-corrected chi connectivity index (χ2v) is 34.2. The summed E-state index contributed by atoms with van der Waals surface area (Å²) in [6, 6.07) is 102. The predicted molar refractivity (Wildman–Crippen MR) is 527 cm³/mol. The first-order valence-electron chi connectivity index (χ1n) is 44.2. The van der Waals surface area contributed by atoms with Crippen molar-refractivity contribution >= 4 is 0 Å². The maximum absolute atomic E-state index is 13.9. The molecule has 0 spiro atoms. The Balaban J connectivity index is 0.000000205. The molecule has 0 amide bonds. The van der Waals surface area contributed by atoms with Crippen molar-refractivity contribution in [2.75, 3.05) is 0 Å². The average Bonchev–Trinajstić information content (AvgIpc) is 0.786. The number of halogens is 12. The van der Waals surface area contributed by atoms with E-state index in [0.717, 1.165) is 222 Å². The molecule has 0 bridgehead atoms. The lowest BCUT2D eigenvalue weighted by Crippen LogP contribution is -2.05. The predicted octanol–water partition coefficient (Wildman–Crippen LogP) is 33.5. The van der Waals surface area contributed by atoms with Crippen LogP contribution in [0.5, 0.6) is 0 Å². The molecule has 20 aromatic rings. The van der Waals surface area contributed by atoms with E-state index in [1.807, 2.05) is 179 Å². The molecule has 8 nitrogen and oxygen atoms in total. The molecule has 0 aliphatic carbocycles. The lowest BCUT2D eigenvalue weighted by atomic mass is 9.90. The molecule has 0 N–H and O–H groups in total. The van der Waals surface area contributed by atoms with Crippen LogP contribution in [-0.4, -0.2) is 39.9 Å². The van der Waals surface area contributed by atoms with Crippen LogP contribution < -0.4 is 0 Å². The number of pyridine rings is 8. The molecule has 8 heterocycles. The largest absolute Gasteiger partial charge is 0.417 e. The fraction of sp³-hybridized carbons (Fsp3) is 0.0588. The van der Waals surface area contributed by atoms with E-state index in [1.165, 1.54) is 24.8 Å². The summed E-state index contributed by atoms with van der Waals surface area (Å²) in [6.07, 6.45) is 5.49. The van der Waals surface area contributed by atoms with Crippen LogP contribution in [0.3, 0.4) is 0 Å². The zero-order valence-electron chi connectivity index (χ0n) is 74.5. The van der Waals surface area contributed by atoms with Gasteiger partial charge in [-0.25, -0.2) is 0 Å². The first kappa shape index (κ1) is 91.1. The SMILES string of the molecule is Cc1cncc(-c2cccc(-c3cc(-c4cccc(-c5cncc(-c6cccc(-c7cc(-c8cccc(-c9cncc(C)c9)c8)cc(-c8cccc(-c9cncc(C(F)(F)F)c9)c8)c7)c6)c5)c4)cc(-c4cccc(-c5cncc(C(F)(F)F)c5)c4)c3)c2)c1.Cc1cncc(-c2cccc(-c3cc(-c4cccc(-c5cncc(C(F)(F)F)c5)c4)cc(-c4cccc(-c5cncc(C(F)(F)F)c5)c4)c3)c2)c1. The third-order valence-corrected chi connectivity index (χ3v) is 24.2. The van der Waals surface area contributed by atoms with E-state index in [2.05, 4.69) is 174 Å². The van der Waals surface area contributed by atoms with Crippen molar-refractivity contribution in [1.82, 2.24) is 39.9 Å². The van der Waals surface area contributed by atoms with Gasteiger partial charge in [-0.2, -0.15) is 52.7 Å². The van der Waals surface area contributed by atoms with Gasteiger partial charge in [-0.1, -0.05) is 164 Å². The van der Waals surface area contributed by atoms with Crippen LogP contribution in [0.2, 0.25) is 0 Å². The van der Waals surface area contributed by atoms with E-state index in [0.29, 0.717) is 44.5 Å². The molecule has 0 aliphatic heterocycles. The Kier molecular flexibility index (Phi) is 25.2. The normalized spacial score (nSPS) is 11.7. The van der Waals surface area contributed by atoms with Crippen molar-refractivity contribution in [3.8, 4) is 200 Å². The third kappa shape index (κ3) is 21.1. The summed E-state index contributed by atoms with van der Waals surface area (Å²) >= 11 is 0. The monoisotopic (exact) mass is 1850 g/mol. The molecule has 0 fully saturated rings. The van der Waals surface area contributed by atoms with Crippen LogP contribution in [0.25, 0.3) is 200 Å². The van der Waals surface area contributed by atoms with Crippen LogP contribution in [0, 0.1) is 20.8 Å². The molecule has 20 heteroatoms. The van der Waals surface area contributed by atoms with Gasteiger partial charge in [0, 0.05) is 149 Å². The maximum atomic E-state index is 13.9. The highest BCUT2D eigenvalue weighted by atomic mass is 19.4. The summed E-state index contributed by atoms with van der Waals surface area (Å²) in [5.41, 5.74) is 28.9. The van der Waals surface area contributed by atoms with Crippen molar-refractivity contribution in [2.24, 2.45) is 0 Å². The van der Waals surface area contributed by atoms with Crippen LogP contribution in [0.4, 0.5) is 52.7 Å². The lowest BCUT2D eigenvalue weighted by Gasteiger charge is -2.15. The second kappa shape index (κ2) is 38.4. The summed E-state index contributed by atoms with van der Waals surface area (Å²) in [6.45, 7) is 6.01. The number of aromatic nitrogens is 8. The highest BCUT2D eigenvalue weighted by Gasteiger charge is 2.35. The van der Waals surface area contributed by atoms with E-state index in [-0.39, 0.29) is 0 Å². The summed E-state index contributed by atoms with van der Waals surface area (Å²) < 4.78 is 164. The Morgan fingerprint density at radius 3 is 0.374 bits per heavy atom. The summed E-state index contributed by atoms with van der Waals surface area (Å²) in [4.78, 5) is 33.6. The van der Waals surface area contributed by atoms with Gasteiger partial charge in [0.05, 0.1) is 22.3 Å². The van der Waals surface area contributed by atoms with Gasteiger partial charge in [-0.05, 0) is 345 Å². The van der Waals surface area contributed by atoms with Crippen LogP contribution in [0.1, 0.15) is 38.9 Å². The standard InChI is InChI=1S/C77H51F6N5.C42H27F6N3/c1-48-21-68(40-84-38-48)56-15-3-9-50(23-56)62-29-64(33-66(31-62)54-13-7-19-60(27-54)72-36-74(46-87-44-72)76(78,79)80)52-11-5-17-58(25-52)70-35-71(43-86-42-70)59-18-6-12-53(26-59)65-30-63(51-10-4-16-57(24-51)69-22-49(2)39-85-41-69)32-67(34-65)55-14-8-20-61(28-55)73-37-75(47-88-45-73)77(81,82)83;1-26-11-36(21-49-20-26)30-8-2-5-27(12-30)33-15-34(28-6-3-9-31(13-28)37-18-39(24-50-22-37)41(43,44)45)17-35(16-33)29-7-4-10-32(14-29)38-19-40(25-51-23-38)42(46,47)48/h3-47H,1-2H3;2-25H,1H3. The molecular weight excluding hydrogens is 1770 g/mol. The van der Waals surface area contributed by atoms with Crippen molar-refractivity contribution in [3.63, 3.8) is 0 Å². The number of hydrogen-bond donors (Lipinski definition) is 0. The maximum Gasteiger partial charge on any atom is 0.417 e. The Bertz CT molecular complexity index is 7620. The molecule has 0 unspecified atom stereocenters. The topological polar surface area (TPSA) is 103 Å². The summed E-state index contributed by atoms with van der Waals surface area (Å²) in [5, 5.41) is 0. The van der Waals surface area contributed by atoms with E-state index in [4.69, 9.17) is 4.98 Å². The minimum atomic E-state index is -4.54. The number of hydrogen-bond acceptors (Lipinski definition) is 8. The highest BCUT2D eigenvalue weighted by Crippen LogP contribution is 2.46. The number of alkyl halides is 12. The molecule has 12 aromatic carbocycles. The van der Waals surface area contributed by atoms with Gasteiger partial charge in [0.2, 0.25) is 0 Å². The smallest absolute Gasteiger partial charge is 0.264 e. The van der Waals surface area contributed by atoms with E-state index in [9.17, 15) is 52.7 Å². The zero-order valence-corrected chi connectivity index (χ0v) is 74.5. The Morgan fingerprint density at radius 1 is 0.122 bits per heavy atom.